The normalized spacial score (nSPS) is 17.6. The quantitative estimate of drug-likeness (QED) is 0.744. The topological polar surface area (TPSA) is 82.9 Å². The number of nitrogens with zero attached hydrogens (tertiary/aromatic N) is 3. The second-order valence-electron chi connectivity index (χ2n) is 6.35. The zero-order chi connectivity index (χ0) is 19.3. The minimum absolute atomic E-state index is 0.0778. The van der Waals surface area contributed by atoms with E-state index in [1.807, 2.05) is 6.92 Å². The fraction of sp³-hybridized carbons (Fsp3) is 0.526. The van der Waals surface area contributed by atoms with E-state index >= 15 is 0 Å². The van der Waals surface area contributed by atoms with Crippen LogP contribution in [0.25, 0.3) is 0 Å². The van der Waals surface area contributed by atoms with Gasteiger partial charge >= 0.3 is 0 Å². The molecule has 7 nitrogen and oxygen atoms in total. The Morgan fingerprint density at radius 1 is 1.38 bits per heavy atom. The van der Waals surface area contributed by atoms with Crippen LogP contribution in [0.3, 0.4) is 0 Å². The molecule has 0 aliphatic carbocycles. The first kappa shape index (κ1) is 19.6. The molecule has 1 aromatic carbocycles. The van der Waals surface area contributed by atoms with Crippen molar-refractivity contribution >= 4 is 17.5 Å². The average Bonchev–Trinajstić information content (AvgIpc) is 3.06. The van der Waals surface area contributed by atoms with Crippen molar-refractivity contribution < 1.29 is 19.1 Å². The maximum atomic E-state index is 12.8. The molecule has 1 saturated heterocycles. The Bertz CT molecular complexity index is 713. The smallest absolute Gasteiger partial charge is 0.228 e. The van der Waals surface area contributed by atoms with Crippen molar-refractivity contribution in [3.8, 4) is 17.6 Å². The molecule has 0 saturated carbocycles. The van der Waals surface area contributed by atoms with Gasteiger partial charge in [-0.2, -0.15) is 5.26 Å². The second kappa shape index (κ2) is 8.56. The van der Waals surface area contributed by atoms with E-state index in [1.54, 1.807) is 42.0 Å². The van der Waals surface area contributed by atoms with Gasteiger partial charge < -0.3 is 19.3 Å². The van der Waals surface area contributed by atoms with Crippen LogP contribution >= 0.6 is 0 Å². The fourth-order valence-electron chi connectivity index (χ4n) is 3.12. The monoisotopic (exact) mass is 359 g/mol. The summed E-state index contributed by atoms with van der Waals surface area (Å²) in [6.45, 7) is 4.89. The number of rotatable bonds is 7. The van der Waals surface area contributed by atoms with Gasteiger partial charge in [0.15, 0.2) is 11.5 Å². The predicted molar refractivity (Wildman–Crippen MR) is 97.0 cm³/mol. The number of anilines is 1. The van der Waals surface area contributed by atoms with Crippen molar-refractivity contribution in [3.05, 3.63) is 18.2 Å². The molecule has 2 unspecified atom stereocenters. The highest BCUT2D eigenvalue weighted by Crippen LogP contribution is 2.34. The Kier molecular flexibility index (Phi) is 6.45. The number of ether oxygens (including phenoxy) is 2. The highest BCUT2D eigenvalue weighted by Gasteiger charge is 2.37. The van der Waals surface area contributed by atoms with E-state index in [2.05, 4.69) is 6.07 Å². The van der Waals surface area contributed by atoms with Crippen LogP contribution in [0.5, 0.6) is 11.5 Å². The number of hydrogen-bond donors (Lipinski definition) is 0. The molecule has 0 aromatic heterocycles. The SMILES string of the molecule is CCN(CC(C)C#N)C(=O)C1CC(=O)N(c2ccc(OC)c(OC)c2)C1. The lowest BCUT2D eigenvalue weighted by molar-refractivity contribution is -0.136. The standard InChI is InChI=1S/C19H25N3O4/c1-5-21(11-13(2)10-20)19(24)14-8-18(23)22(12-14)15-6-7-16(25-3)17(9-15)26-4/h6-7,9,13-14H,5,8,11-12H2,1-4H3. The highest BCUT2D eigenvalue weighted by molar-refractivity contribution is 6.00. The number of carbonyl (C=O) groups excluding carboxylic acids is 2. The zero-order valence-corrected chi connectivity index (χ0v) is 15.7. The Morgan fingerprint density at radius 3 is 2.65 bits per heavy atom. The van der Waals surface area contributed by atoms with Crippen LogP contribution < -0.4 is 14.4 Å². The van der Waals surface area contributed by atoms with E-state index in [-0.39, 0.29) is 24.2 Å². The summed E-state index contributed by atoms with van der Waals surface area (Å²) in [7, 11) is 3.09. The van der Waals surface area contributed by atoms with Gasteiger partial charge in [0, 0.05) is 37.8 Å². The zero-order valence-electron chi connectivity index (χ0n) is 15.7. The van der Waals surface area contributed by atoms with Crippen LogP contribution in [0.1, 0.15) is 20.3 Å². The molecule has 1 aliphatic rings. The molecule has 2 amide bonds. The third-order valence-corrected chi connectivity index (χ3v) is 4.56. The van der Waals surface area contributed by atoms with Crippen molar-refractivity contribution in [3.63, 3.8) is 0 Å². The Labute approximate surface area is 154 Å². The molecule has 1 aliphatic heterocycles. The van der Waals surface area contributed by atoms with E-state index in [0.717, 1.165) is 0 Å². The Morgan fingerprint density at radius 2 is 2.08 bits per heavy atom. The average molecular weight is 359 g/mol. The van der Waals surface area contributed by atoms with E-state index in [0.29, 0.717) is 36.8 Å². The van der Waals surface area contributed by atoms with Gasteiger partial charge in [0.1, 0.15) is 0 Å². The van der Waals surface area contributed by atoms with Crippen LogP contribution in [0.4, 0.5) is 5.69 Å². The molecular formula is C19H25N3O4. The van der Waals surface area contributed by atoms with E-state index in [1.165, 1.54) is 7.11 Å². The number of amides is 2. The summed E-state index contributed by atoms with van der Waals surface area (Å²) in [5, 5.41) is 8.98. The molecule has 1 aromatic rings. The lowest BCUT2D eigenvalue weighted by Gasteiger charge is -2.25. The molecule has 0 N–H and O–H groups in total. The largest absolute Gasteiger partial charge is 0.493 e. The Hall–Kier alpha value is -2.75. The lowest BCUT2D eigenvalue weighted by Crippen LogP contribution is -2.39. The molecule has 2 rings (SSSR count). The van der Waals surface area contributed by atoms with Crippen LogP contribution in [0.15, 0.2) is 18.2 Å². The minimum Gasteiger partial charge on any atom is -0.493 e. The first-order chi connectivity index (χ1) is 12.4. The maximum absolute atomic E-state index is 12.8. The summed E-state index contributed by atoms with van der Waals surface area (Å²) >= 11 is 0. The minimum atomic E-state index is -0.401. The molecular weight excluding hydrogens is 334 g/mol. The number of hydrogen-bond acceptors (Lipinski definition) is 5. The summed E-state index contributed by atoms with van der Waals surface area (Å²) in [5.74, 6) is 0.300. The van der Waals surface area contributed by atoms with Gasteiger partial charge in [-0.3, -0.25) is 9.59 Å². The van der Waals surface area contributed by atoms with Gasteiger partial charge in [0.25, 0.3) is 0 Å². The van der Waals surface area contributed by atoms with Crippen molar-refractivity contribution in [2.24, 2.45) is 11.8 Å². The fourth-order valence-corrected chi connectivity index (χ4v) is 3.12. The number of benzene rings is 1. The maximum Gasteiger partial charge on any atom is 0.228 e. The summed E-state index contributed by atoms with van der Waals surface area (Å²) in [6, 6.07) is 7.40. The van der Waals surface area contributed by atoms with E-state index in [4.69, 9.17) is 14.7 Å². The van der Waals surface area contributed by atoms with Gasteiger partial charge in [-0.1, -0.05) is 0 Å². The molecule has 7 heteroatoms. The van der Waals surface area contributed by atoms with Crippen LogP contribution in [0, 0.1) is 23.2 Å². The first-order valence-electron chi connectivity index (χ1n) is 8.65. The summed E-state index contributed by atoms with van der Waals surface area (Å²) in [5.41, 5.74) is 0.677. The van der Waals surface area contributed by atoms with Crippen LogP contribution in [-0.2, 0) is 9.59 Å². The number of carbonyl (C=O) groups is 2. The predicted octanol–water partition coefficient (Wildman–Crippen LogP) is 2.06. The highest BCUT2D eigenvalue weighted by atomic mass is 16.5. The first-order valence-corrected chi connectivity index (χ1v) is 8.65. The lowest BCUT2D eigenvalue weighted by atomic mass is 10.1. The Balaban J connectivity index is 2.15. The molecule has 0 bridgehead atoms. The second-order valence-corrected chi connectivity index (χ2v) is 6.35. The van der Waals surface area contributed by atoms with Crippen LogP contribution in [-0.4, -0.2) is 50.6 Å². The van der Waals surface area contributed by atoms with Crippen molar-refractivity contribution in [1.29, 1.82) is 5.26 Å². The summed E-state index contributed by atoms with van der Waals surface area (Å²) in [4.78, 5) is 28.5. The van der Waals surface area contributed by atoms with Gasteiger partial charge in [-0.25, -0.2) is 0 Å². The van der Waals surface area contributed by atoms with Gasteiger partial charge in [0.05, 0.1) is 32.1 Å². The van der Waals surface area contributed by atoms with Crippen LogP contribution in [0.2, 0.25) is 0 Å². The molecule has 0 radical (unpaired) electrons. The summed E-state index contributed by atoms with van der Waals surface area (Å²) < 4.78 is 10.5. The third kappa shape index (κ3) is 4.07. The number of methoxy groups -OCH3 is 2. The van der Waals surface area contributed by atoms with Crippen molar-refractivity contribution in [1.82, 2.24) is 4.90 Å². The van der Waals surface area contributed by atoms with Gasteiger partial charge in [-0.05, 0) is 26.0 Å². The van der Waals surface area contributed by atoms with Crippen molar-refractivity contribution in [2.45, 2.75) is 20.3 Å². The van der Waals surface area contributed by atoms with Crippen molar-refractivity contribution in [2.75, 3.05) is 38.8 Å². The summed E-state index contributed by atoms with van der Waals surface area (Å²) in [6.07, 6.45) is 0.171. The molecule has 1 fully saturated rings. The van der Waals surface area contributed by atoms with Gasteiger partial charge in [-0.15, -0.1) is 0 Å². The molecule has 26 heavy (non-hydrogen) atoms. The molecule has 0 spiro atoms. The van der Waals surface area contributed by atoms with E-state index in [9.17, 15) is 9.59 Å². The van der Waals surface area contributed by atoms with Gasteiger partial charge in [0.2, 0.25) is 11.8 Å². The molecule has 2 atom stereocenters. The molecule has 1 heterocycles. The van der Waals surface area contributed by atoms with E-state index < -0.39 is 5.92 Å². The third-order valence-electron chi connectivity index (χ3n) is 4.56. The number of nitriles is 1. The molecule has 140 valence electrons.